The summed E-state index contributed by atoms with van der Waals surface area (Å²) in [4.78, 5) is 17.3. The summed E-state index contributed by atoms with van der Waals surface area (Å²) < 4.78 is 0. The number of H-pyrrole nitrogens is 1. The van der Waals surface area contributed by atoms with E-state index in [1.807, 2.05) is 0 Å². The van der Waals surface area contributed by atoms with Crippen LogP contribution in [0.15, 0.2) is 39.9 Å². The van der Waals surface area contributed by atoms with Crippen LogP contribution in [0.3, 0.4) is 0 Å². The van der Waals surface area contributed by atoms with Gasteiger partial charge in [-0.15, -0.1) is 0 Å². The Morgan fingerprint density at radius 3 is 2.86 bits per heavy atom. The van der Waals surface area contributed by atoms with Gasteiger partial charge in [-0.05, 0) is 19.1 Å². The van der Waals surface area contributed by atoms with Gasteiger partial charge >= 0.3 is 0 Å². The van der Waals surface area contributed by atoms with E-state index in [1.54, 1.807) is 13.0 Å². The number of aromatic amines is 1. The maximum Gasteiger partial charge on any atom is 0.250 e. The second-order valence-corrected chi connectivity index (χ2v) is 2.84. The van der Waals surface area contributed by atoms with Gasteiger partial charge in [0, 0.05) is 18.0 Å². The molecule has 0 unspecified atom stereocenters. The lowest BCUT2D eigenvalue weighted by atomic mass is 10.4. The molecule has 0 saturated carbocycles. The molecule has 0 fully saturated rings. The average molecular weight is 192 g/mol. The SMILES string of the molecule is CC(N)=CC(N)=Nc1cc[nH]c(=O)c1. The predicted molar refractivity (Wildman–Crippen MR) is 56.3 cm³/mol. The first-order valence-electron chi connectivity index (χ1n) is 4.04. The summed E-state index contributed by atoms with van der Waals surface area (Å²) in [5.41, 5.74) is 11.8. The van der Waals surface area contributed by atoms with Gasteiger partial charge < -0.3 is 16.5 Å². The van der Waals surface area contributed by atoms with E-state index in [1.165, 1.54) is 18.3 Å². The van der Waals surface area contributed by atoms with Crippen LogP contribution in [0.2, 0.25) is 0 Å². The summed E-state index contributed by atoms with van der Waals surface area (Å²) in [6.45, 7) is 1.71. The van der Waals surface area contributed by atoms with E-state index in [2.05, 4.69) is 9.98 Å². The van der Waals surface area contributed by atoms with Gasteiger partial charge in [0.15, 0.2) is 0 Å². The van der Waals surface area contributed by atoms with E-state index in [0.717, 1.165) is 0 Å². The minimum atomic E-state index is -0.215. The molecular weight excluding hydrogens is 180 g/mol. The number of aromatic nitrogens is 1. The van der Waals surface area contributed by atoms with E-state index in [4.69, 9.17) is 11.5 Å². The summed E-state index contributed by atoms with van der Waals surface area (Å²) in [5.74, 6) is 0.274. The van der Waals surface area contributed by atoms with Gasteiger partial charge in [-0.1, -0.05) is 0 Å². The zero-order chi connectivity index (χ0) is 10.6. The molecule has 5 nitrogen and oxygen atoms in total. The molecule has 0 aliphatic rings. The number of hydrogen-bond acceptors (Lipinski definition) is 3. The highest BCUT2D eigenvalue weighted by Crippen LogP contribution is 2.05. The van der Waals surface area contributed by atoms with Crippen molar-refractivity contribution in [1.29, 1.82) is 0 Å². The van der Waals surface area contributed by atoms with Crippen LogP contribution >= 0.6 is 0 Å². The van der Waals surface area contributed by atoms with Gasteiger partial charge in [0.05, 0.1) is 5.69 Å². The van der Waals surface area contributed by atoms with Crippen LogP contribution in [-0.2, 0) is 0 Å². The molecule has 0 aromatic carbocycles. The largest absolute Gasteiger partial charge is 0.402 e. The summed E-state index contributed by atoms with van der Waals surface area (Å²) in [7, 11) is 0. The molecule has 0 atom stereocenters. The minimum Gasteiger partial charge on any atom is -0.402 e. The zero-order valence-electron chi connectivity index (χ0n) is 7.82. The number of nitrogens with two attached hydrogens (primary N) is 2. The van der Waals surface area contributed by atoms with E-state index in [-0.39, 0.29) is 11.4 Å². The molecule has 1 aromatic rings. The van der Waals surface area contributed by atoms with E-state index < -0.39 is 0 Å². The lowest BCUT2D eigenvalue weighted by Crippen LogP contribution is -2.10. The highest BCUT2D eigenvalue weighted by atomic mass is 16.1. The third-order valence-corrected chi connectivity index (χ3v) is 1.39. The average Bonchev–Trinajstić information content (AvgIpc) is 2.01. The van der Waals surface area contributed by atoms with Gasteiger partial charge in [-0.25, -0.2) is 4.99 Å². The monoisotopic (exact) mass is 192 g/mol. The molecule has 5 N–H and O–H groups in total. The van der Waals surface area contributed by atoms with Crippen molar-refractivity contribution < 1.29 is 0 Å². The van der Waals surface area contributed by atoms with Crippen molar-refractivity contribution in [2.24, 2.45) is 16.5 Å². The van der Waals surface area contributed by atoms with Gasteiger partial charge in [-0.2, -0.15) is 0 Å². The summed E-state index contributed by atoms with van der Waals surface area (Å²) in [5, 5.41) is 0. The fraction of sp³-hybridized carbons (Fsp3) is 0.111. The molecular formula is C9H12N4O. The molecule has 0 radical (unpaired) electrons. The Morgan fingerprint density at radius 1 is 1.57 bits per heavy atom. The van der Waals surface area contributed by atoms with Crippen molar-refractivity contribution in [3.8, 4) is 0 Å². The lowest BCUT2D eigenvalue weighted by Gasteiger charge is -1.95. The van der Waals surface area contributed by atoms with Crippen LogP contribution in [-0.4, -0.2) is 10.8 Å². The first-order valence-corrected chi connectivity index (χ1v) is 4.04. The Hall–Kier alpha value is -2.04. The molecule has 0 bridgehead atoms. The van der Waals surface area contributed by atoms with Crippen LogP contribution in [0.4, 0.5) is 5.69 Å². The second-order valence-electron chi connectivity index (χ2n) is 2.84. The molecule has 1 rings (SSSR count). The summed E-state index contributed by atoms with van der Waals surface area (Å²) in [6, 6.07) is 3.00. The van der Waals surface area contributed by atoms with Crippen LogP contribution in [0.5, 0.6) is 0 Å². The molecule has 0 spiro atoms. The third kappa shape index (κ3) is 3.14. The lowest BCUT2D eigenvalue weighted by molar-refractivity contribution is 1.23. The number of allylic oxidation sites excluding steroid dienone is 1. The molecule has 14 heavy (non-hydrogen) atoms. The number of nitrogens with one attached hydrogen (secondary N) is 1. The highest BCUT2D eigenvalue weighted by molar-refractivity contribution is 5.93. The normalized spacial score (nSPS) is 12.9. The minimum absolute atomic E-state index is 0.215. The van der Waals surface area contributed by atoms with Gasteiger partial charge in [0.2, 0.25) is 5.56 Å². The number of rotatable bonds is 2. The second kappa shape index (κ2) is 4.27. The summed E-state index contributed by atoms with van der Waals surface area (Å²) >= 11 is 0. The summed E-state index contributed by atoms with van der Waals surface area (Å²) in [6.07, 6.45) is 3.04. The molecule has 5 heteroatoms. The Kier molecular flexibility index (Phi) is 3.06. The fourth-order valence-corrected chi connectivity index (χ4v) is 0.917. The third-order valence-electron chi connectivity index (χ3n) is 1.39. The predicted octanol–water partition coefficient (Wildman–Crippen LogP) is 0.226. The van der Waals surface area contributed by atoms with Crippen LogP contribution < -0.4 is 17.0 Å². The maximum atomic E-state index is 10.9. The number of nitrogens with zero attached hydrogens (tertiary/aromatic N) is 1. The van der Waals surface area contributed by atoms with Crippen LogP contribution in [0.25, 0.3) is 0 Å². The van der Waals surface area contributed by atoms with Crippen molar-refractivity contribution in [1.82, 2.24) is 4.98 Å². The standard InChI is InChI=1S/C9H12N4O/c1-6(10)4-8(11)13-7-2-3-12-9(14)5-7/h2-5H,10H2,1H3,(H3,11,12,13,14). The van der Waals surface area contributed by atoms with E-state index in [0.29, 0.717) is 11.4 Å². The Balaban J connectivity index is 2.98. The first kappa shape index (κ1) is 10.0. The maximum absolute atomic E-state index is 10.9. The van der Waals surface area contributed by atoms with Crippen LogP contribution in [0, 0.1) is 0 Å². The fourth-order valence-electron chi connectivity index (χ4n) is 0.917. The molecule has 0 aliphatic heterocycles. The topological polar surface area (TPSA) is 97.3 Å². The number of aliphatic imine (C=N–C) groups is 1. The van der Waals surface area contributed by atoms with Crippen molar-refractivity contribution in [3.05, 3.63) is 40.5 Å². The smallest absolute Gasteiger partial charge is 0.250 e. The number of amidine groups is 1. The van der Waals surface area contributed by atoms with E-state index >= 15 is 0 Å². The van der Waals surface area contributed by atoms with Gasteiger partial charge in [-0.3, -0.25) is 4.79 Å². The molecule has 0 saturated heterocycles. The van der Waals surface area contributed by atoms with Gasteiger partial charge in [0.1, 0.15) is 5.84 Å². The molecule has 0 aliphatic carbocycles. The first-order chi connectivity index (χ1) is 6.58. The molecule has 74 valence electrons. The molecule has 1 aromatic heterocycles. The molecule has 0 amide bonds. The Bertz CT molecular complexity index is 426. The van der Waals surface area contributed by atoms with Crippen LogP contribution in [0.1, 0.15) is 6.92 Å². The Morgan fingerprint density at radius 2 is 2.29 bits per heavy atom. The van der Waals surface area contributed by atoms with Crippen molar-refractivity contribution in [2.45, 2.75) is 6.92 Å². The van der Waals surface area contributed by atoms with E-state index in [9.17, 15) is 4.79 Å². The highest BCUT2D eigenvalue weighted by Gasteiger charge is 1.91. The van der Waals surface area contributed by atoms with Crippen molar-refractivity contribution >= 4 is 11.5 Å². The Labute approximate surface area is 81.2 Å². The zero-order valence-corrected chi connectivity index (χ0v) is 7.82. The van der Waals surface area contributed by atoms with Gasteiger partial charge in [0.25, 0.3) is 0 Å². The van der Waals surface area contributed by atoms with Crippen molar-refractivity contribution in [2.75, 3.05) is 0 Å². The quantitative estimate of drug-likeness (QED) is 0.462. The number of pyridine rings is 1. The number of hydrogen-bond donors (Lipinski definition) is 3. The molecule has 1 heterocycles. The van der Waals surface area contributed by atoms with Crippen molar-refractivity contribution in [3.63, 3.8) is 0 Å².